The van der Waals surface area contributed by atoms with Crippen LogP contribution in [0.1, 0.15) is 0 Å². The van der Waals surface area contributed by atoms with Crippen molar-refractivity contribution in [2.75, 3.05) is 18.5 Å². The smallest absolute Gasteiger partial charge is 0.159 e. The Bertz CT molecular complexity index is 620. The van der Waals surface area contributed by atoms with Crippen LogP contribution in [0, 0.1) is 23.0 Å². The molecule has 0 amide bonds. The maximum atomic E-state index is 13.1. The molecule has 0 saturated heterocycles. The van der Waals surface area contributed by atoms with E-state index in [4.69, 9.17) is 5.26 Å². The molecule has 2 aromatic rings. The Morgan fingerprint density at radius 3 is 2.53 bits per heavy atom. The molecule has 2 rings (SSSR count). The monoisotopic (exact) mass is 260 g/mol. The van der Waals surface area contributed by atoms with Crippen LogP contribution in [0.15, 0.2) is 30.3 Å². The summed E-state index contributed by atoms with van der Waals surface area (Å²) >= 11 is 0. The van der Waals surface area contributed by atoms with Crippen LogP contribution in [-0.4, -0.2) is 23.8 Å². The van der Waals surface area contributed by atoms with Crippen molar-refractivity contribution >= 4 is 5.82 Å². The molecule has 1 aromatic carbocycles. The fourth-order valence-corrected chi connectivity index (χ4v) is 1.53. The van der Waals surface area contributed by atoms with Gasteiger partial charge in [-0.2, -0.15) is 5.26 Å². The molecule has 1 aromatic heterocycles. The molecule has 0 saturated carbocycles. The number of nitrogens with zero attached hydrogens (tertiary/aromatic N) is 4. The van der Waals surface area contributed by atoms with Gasteiger partial charge >= 0.3 is 0 Å². The minimum absolute atomic E-state index is 0.194. The van der Waals surface area contributed by atoms with Crippen LogP contribution in [0.5, 0.6) is 0 Å². The average Bonchev–Trinajstić information content (AvgIpc) is 2.42. The van der Waals surface area contributed by atoms with Gasteiger partial charge in [0.2, 0.25) is 0 Å². The van der Waals surface area contributed by atoms with E-state index in [-0.39, 0.29) is 6.54 Å². The largest absolute Gasteiger partial charge is 0.345 e. The number of hydrogen-bond donors (Lipinski definition) is 0. The average molecular weight is 260 g/mol. The first-order valence-electron chi connectivity index (χ1n) is 5.49. The first kappa shape index (κ1) is 12.9. The molecular weight excluding hydrogens is 250 g/mol. The predicted molar refractivity (Wildman–Crippen MR) is 66.3 cm³/mol. The Labute approximate surface area is 108 Å². The molecule has 0 radical (unpaired) electrons. The Hall–Kier alpha value is -2.55. The Kier molecular flexibility index (Phi) is 3.66. The third kappa shape index (κ3) is 2.83. The van der Waals surface area contributed by atoms with E-state index in [1.807, 2.05) is 6.07 Å². The Morgan fingerprint density at radius 2 is 1.95 bits per heavy atom. The van der Waals surface area contributed by atoms with Crippen molar-refractivity contribution in [3.8, 4) is 17.3 Å². The second kappa shape index (κ2) is 5.40. The zero-order chi connectivity index (χ0) is 13.8. The van der Waals surface area contributed by atoms with Crippen LogP contribution >= 0.6 is 0 Å². The first-order chi connectivity index (χ1) is 9.11. The number of benzene rings is 1. The lowest BCUT2D eigenvalue weighted by Crippen LogP contribution is -2.18. The summed E-state index contributed by atoms with van der Waals surface area (Å²) in [5.41, 5.74) is 0.883. The molecule has 6 heteroatoms. The highest BCUT2D eigenvalue weighted by molar-refractivity contribution is 5.59. The Morgan fingerprint density at radius 1 is 1.16 bits per heavy atom. The lowest BCUT2D eigenvalue weighted by molar-refractivity contribution is 0.509. The van der Waals surface area contributed by atoms with Crippen LogP contribution in [0.2, 0.25) is 0 Å². The van der Waals surface area contributed by atoms with Crippen LogP contribution in [0.4, 0.5) is 14.6 Å². The van der Waals surface area contributed by atoms with E-state index >= 15 is 0 Å². The highest BCUT2D eigenvalue weighted by Gasteiger charge is 2.07. The van der Waals surface area contributed by atoms with E-state index in [2.05, 4.69) is 10.2 Å². The number of aromatic nitrogens is 2. The number of rotatable bonds is 3. The van der Waals surface area contributed by atoms with Gasteiger partial charge in [-0.15, -0.1) is 10.2 Å². The van der Waals surface area contributed by atoms with Crippen LogP contribution < -0.4 is 4.90 Å². The van der Waals surface area contributed by atoms with Gasteiger partial charge < -0.3 is 4.90 Å². The zero-order valence-corrected chi connectivity index (χ0v) is 10.1. The molecule has 19 heavy (non-hydrogen) atoms. The number of hydrogen-bond acceptors (Lipinski definition) is 4. The topological polar surface area (TPSA) is 52.8 Å². The van der Waals surface area contributed by atoms with Gasteiger partial charge in [-0.05, 0) is 30.3 Å². The summed E-state index contributed by atoms with van der Waals surface area (Å²) in [6, 6.07) is 8.85. The lowest BCUT2D eigenvalue weighted by Gasteiger charge is -2.13. The first-order valence-corrected chi connectivity index (χ1v) is 5.49. The molecule has 0 fully saturated rings. The van der Waals surface area contributed by atoms with Gasteiger partial charge in [-0.3, -0.25) is 0 Å². The van der Waals surface area contributed by atoms with Gasteiger partial charge in [0.25, 0.3) is 0 Å². The number of anilines is 1. The van der Waals surface area contributed by atoms with Crippen LogP contribution in [0.3, 0.4) is 0 Å². The lowest BCUT2D eigenvalue weighted by atomic mass is 10.1. The fraction of sp³-hybridized carbons (Fsp3) is 0.154. The molecular formula is C13H10F2N4. The molecule has 0 spiro atoms. The molecule has 0 aliphatic rings. The highest BCUT2D eigenvalue weighted by atomic mass is 19.2. The van der Waals surface area contributed by atoms with Crippen molar-refractivity contribution in [1.29, 1.82) is 5.26 Å². The summed E-state index contributed by atoms with van der Waals surface area (Å²) in [6.07, 6.45) is 0. The van der Waals surface area contributed by atoms with Crippen molar-refractivity contribution in [2.45, 2.75) is 0 Å². The fourth-order valence-electron chi connectivity index (χ4n) is 1.53. The summed E-state index contributed by atoms with van der Waals surface area (Å²) in [7, 11) is 1.71. The third-order valence-corrected chi connectivity index (χ3v) is 2.56. The van der Waals surface area contributed by atoms with Crippen molar-refractivity contribution < 1.29 is 8.78 Å². The minimum Gasteiger partial charge on any atom is -0.345 e. The van der Waals surface area contributed by atoms with E-state index in [9.17, 15) is 8.78 Å². The van der Waals surface area contributed by atoms with Gasteiger partial charge in [0.15, 0.2) is 17.5 Å². The van der Waals surface area contributed by atoms with Gasteiger partial charge in [0, 0.05) is 12.6 Å². The van der Waals surface area contributed by atoms with E-state index in [1.165, 1.54) is 6.07 Å². The van der Waals surface area contributed by atoms with Crippen LogP contribution in [0.25, 0.3) is 11.3 Å². The molecule has 1 heterocycles. The normalized spacial score (nSPS) is 10.0. The maximum Gasteiger partial charge on any atom is 0.159 e. The number of nitriles is 1. The molecule has 0 unspecified atom stereocenters. The zero-order valence-electron chi connectivity index (χ0n) is 10.1. The third-order valence-electron chi connectivity index (χ3n) is 2.56. The SMILES string of the molecule is CN(CC#N)c1ccc(-c2ccc(F)c(F)c2)nn1. The van der Waals surface area contributed by atoms with Gasteiger partial charge in [-0.1, -0.05) is 0 Å². The van der Waals surface area contributed by atoms with Crippen LogP contribution in [-0.2, 0) is 0 Å². The highest BCUT2D eigenvalue weighted by Crippen LogP contribution is 2.20. The molecule has 0 aliphatic heterocycles. The molecule has 0 N–H and O–H groups in total. The molecule has 0 bridgehead atoms. The molecule has 0 atom stereocenters. The van der Waals surface area contributed by atoms with Gasteiger partial charge in [0.1, 0.15) is 6.54 Å². The molecule has 96 valence electrons. The maximum absolute atomic E-state index is 13.1. The molecule has 0 aliphatic carbocycles. The summed E-state index contributed by atoms with van der Waals surface area (Å²) in [5, 5.41) is 16.4. The van der Waals surface area contributed by atoms with Crippen molar-refractivity contribution in [3.63, 3.8) is 0 Å². The second-order valence-corrected chi connectivity index (χ2v) is 3.92. The molecule has 4 nitrogen and oxygen atoms in total. The Balaban J connectivity index is 2.27. The van der Waals surface area contributed by atoms with E-state index < -0.39 is 11.6 Å². The van der Waals surface area contributed by atoms with Crippen molar-refractivity contribution in [2.24, 2.45) is 0 Å². The van der Waals surface area contributed by atoms with Crippen molar-refractivity contribution in [3.05, 3.63) is 42.0 Å². The minimum atomic E-state index is -0.926. The van der Waals surface area contributed by atoms with Gasteiger partial charge in [0.05, 0.1) is 11.8 Å². The van der Waals surface area contributed by atoms with E-state index in [0.717, 1.165) is 12.1 Å². The van der Waals surface area contributed by atoms with E-state index in [0.29, 0.717) is 17.1 Å². The van der Waals surface area contributed by atoms with Crippen molar-refractivity contribution in [1.82, 2.24) is 10.2 Å². The second-order valence-electron chi connectivity index (χ2n) is 3.92. The summed E-state index contributed by atoms with van der Waals surface area (Å²) in [6.45, 7) is 0.194. The summed E-state index contributed by atoms with van der Waals surface area (Å²) in [5.74, 6) is -1.29. The quantitative estimate of drug-likeness (QED) is 0.795. The van der Waals surface area contributed by atoms with Gasteiger partial charge in [-0.25, -0.2) is 8.78 Å². The number of halogens is 2. The predicted octanol–water partition coefficient (Wildman–Crippen LogP) is 2.38. The summed E-state index contributed by atoms with van der Waals surface area (Å²) in [4.78, 5) is 1.63. The summed E-state index contributed by atoms with van der Waals surface area (Å²) < 4.78 is 25.9. The van der Waals surface area contributed by atoms with E-state index in [1.54, 1.807) is 24.1 Å². The standard InChI is InChI=1S/C13H10F2N4/c1-19(7-6-16)13-5-4-12(17-18-13)9-2-3-10(14)11(15)8-9/h2-5,8H,7H2,1H3.